The van der Waals surface area contributed by atoms with E-state index in [1.807, 2.05) is 0 Å². The molecule has 0 saturated carbocycles. The van der Waals surface area contributed by atoms with Crippen LogP contribution in [0.2, 0.25) is 0 Å². The van der Waals surface area contributed by atoms with E-state index >= 15 is 0 Å². The van der Waals surface area contributed by atoms with Gasteiger partial charge in [-0.2, -0.15) is 13.2 Å². The molecular formula is C9H5F3INO2S. The molecule has 0 aliphatic carbocycles. The van der Waals surface area contributed by atoms with Gasteiger partial charge in [-0.25, -0.2) is 9.64 Å². The Bertz CT molecular complexity index is 490. The fourth-order valence-corrected chi connectivity index (χ4v) is 3.04. The first-order valence-corrected chi connectivity index (χ1v) is 6.16. The molecule has 1 rings (SSSR count). The van der Waals surface area contributed by atoms with E-state index in [0.29, 0.717) is 0 Å². The van der Waals surface area contributed by atoms with Crippen molar-refractivity contribution >= 4 is 45.6 Å². The fraction of sp³-hybridized carbons (Fsp3) is 0.333. The summed E-state index contributed by atoms with van der Waals surface area (Å²) in [6.45, 7) is 8.36. The summed E-state index contributed by atoms with van der Waals surface area (Å²) in [4.78, 5) is 13.0. The van der Waals surface area contributed by atoms with Crippen LogP contribution in [-0.2, 0) is 10.9 Å². The molecule has 0 unspecified atom stereocenters. The molecule has 0 radical (unpaired) electrons. The third-order valence-corrected chi connectivity index (χ3v) is 4.28. The number of esters is 1. The van der Waals surface area contributed by atoms with E-state index in [1.165, 1.54) is 0 Å². The predicted octanol–water partition coefficient (Wildman–Crippen LogP) is 4.10. The van der Waals surface area contributed by atoms with Gasteiger partial charge in [-0.1, -0.05) is 22.6 Å². The minimum Gasteiger partial charge on any atom is -0.462 e. The van der Waals surface area contributed by atoms with Crippen LogP contribution in [0.3, 0.4) is 0 Å². The fourth-order valence-electron chi connectivity index (χ4n) is 1.02. The second-order valence-corrected chi connectivity index (χ2v) is 4.85. The Balaban J connectivity index is 3.34. The van der Waals surface area contributed by atoms with E-state index in [4.69, 9.17) is 6.57 Å². The topological polar surface area (TPSA) is 30.7 Å². The van der Waals surface area contributed by atoms with Crippen molar-refractivity contribution in [2.45, 2.75) is 13.1 Å². The van der Waals surface area contributed by atoms with Crippen molar-refractivity contribution in [2.75, 3.05) is 6.61 Å². The average molecular weight is 375 g/mol. The molecule has 1 heterocycles. The third-order valence-electron chi connectivity index (χ3n) is 1.66. The summed E-state index contributed by atoms with van der Waals surface area (Å²) in [5.41, 5.74) is -0.536. The van der Waals surface area contributed by atoms with Crippen LogP contribution in [0.15, 0.2) is 0 Å². The van der Waals surface area contributed by atoms with Gasteiger partial charge in [-0.3, -0.25) is 0 Å². The molecule has 0 bridgehead atoms. The second-order valence-electron chi connectivity index (χ2n) is 2.75. The Morgan fingerprint density at radius 3 is 2.53 bits per heavy atom. The van der Waals surface area contributed by atoms with Crippen molar-refractivity contribution in [1.29, 1.82) is 0 Å². The molecule has 8 heteroatoms. The van der Waals surface area contributed by atoms with E-state index < -0.39 is 22.7 Å². The number of nitrogens with zero attached hydrogens (tertiary/aromatic N) is 1. The van der Waals surface area contributed by atoms with Crippen LogP contribution >= 0.6 is 33.9 Å². The Kier molecular flexibility index (Phi) is 4.37. The molecule has 92 valence electrons. The first-order valence-electron chi connectivity index (χ1n) is 4.27. The molecule has 0 amide bonds. The molecule has 0 fully saturated rings. The van der Waals surface area contributed by atoms with Gasteiger partial charge in [0.2, 0.25) is 5.69 Å². The minimum atomic E-state index is -4.63. The molecule has 3 nitrogen and oxygen atoms in total. The number of carbonyl (C=O) groups excluding carboxylic acids is 1. The number of ether oxygens (including phenoxy) is 1. The normalized spacial score (nSPS) is 11.1. The summed E-state index contributed by atoms with van der Waals surface area (Å²) < 4.78 is 42.4. The van der Waals surface area contributed by atoms with Crippen LogP contribution < -0.4 is 0 Å². The van der Waals surface area contributed by atoms with Gasteiger partial charge in [-0.15, -0.1) is 11.3 Å². The van der Waals surface area contributed by atoms with Crippen molar-refractivity contribution in [2.24, 2.45) is 0 Å². The standard InChI is InChI=1S/C9H5F3INO2S/c1-3-16-8(15)6-4(13)5(14-2)7(17-6)9(10,11)12/h3H2,1H3. The average Bonchev–Trinajstić information content (AvgIpc) is 2.55. The lowest BCUT2D eigenvalue weighted by atomic mass is 10.3. The first kappa shape index (κ1) is 14.2. The molecule has 17 heavy (non-hydrogen) atoms. The quantitative estimate of drug-likeness (QED) is 0.443. The summed E-state index contributed by atoms with van der Waals surface area (Å²) >= 11 is 1.80. The largest absolute Gasteiger partial charge is 0.462 e. The Labute approximate surface area is 113 Å². The molecule has 0 N–H and O–H groups in total. The van der Waals surface area contributed by atoms with Crippen LogP contribution in [0.1, 0.15) is 21.5 Å². The molecule has 0 spiro atoms. The number of alkyl halides is 3. The zero-order valence-electron chi connectivity index (χ0n) is 8.39. The molecule has 0 aliphatic heterocycles. The monoisotopic (exact) mass is 375 g/mol. The highest BCUT2D eigenvalue weighted by atomic mass is 127. The van der Waals surface area contributed by atoms with Gasteiger partial charge >= 0.3 is 12.1 Å². The highest BCUT2D eigenvalue weighted by Crippen LogP contribution is 2.46. The summed E-state index contributed by atoms with van der Waals surface area (Å²) in [6.07, 6.45) is -4.63. The molecule has 0 aromatic carbocycles. The van der Waals surface area contributed by atoms with E-state index in [-0.39, 0.29) is 26.4 Å². The second kappa shape index (κ2) is 5.22. The predicted molar refractivity (Wildman–Crippen MR) is 64.3 cm³/mol. The van der Waals surface area contributed by atoms with Crippen molar-refractivity contribution in [3.05, 3.63) is 24.7 Å². The lowest BCUT2D eigenvalue weighted by Crippen LogP contribution is -2.03. The number of thiophene rings is 1. The van der Waals surface area contributed by atoms with E-state index in [9.17, 15) is 18.0 Å². The highest BCUT2D eigenvalue weighted by Gasteiger charge is 2.39. The van der Waals surface area contributed by atoms with Crippen molar-refractivity contribution in [3.63, 3.8) is 0 Å². The number of carbonyl (C=O) groups is 1. The summed E-state index contributed by atoms with van der Waals surface area (Å²) in [7, 11) is 0. The van der Waals surface area contributed by atoms with E-state index in [2.05, 4.69) is 9.58 Å². The van der Waals surface area contributed by atoms with Gasteiger partial charge in [0.05, 0.1) is 13.2 Å². The van der Waals surface area contributed by atoms with Crippen molar-refractivity contribution in [1.82, 2.24) is 0 Å². The summed E-state index contributed by atoms with van der Waals surface area (Å²) in [5, 5.41) is 0. The number of rotatable bonds is 2. The van der Waals surface area contributed by atoms with Crippen LogP contribution in [-0.4, -0.2) is 12.6 Å². The van der Waals surface area contributed by atoms with Crippen molar-refractivity contribution < 1.29 is 22.7 Å². The van der Waals surface area contributed by atoms with Gasteiger partial charge < -0.3 is 4.74 Å². The highest BCUT2D eigenvalue weighted by molar-refractivity contribution is 14.1. The van der Waals surface area contributed by atoms with Gasteiger partial charge in [0.1, 0.15) is 9.75 Å². The van der Waals surface area contributed by atoms with Crippen LogP contribution in [0.25, 0.3) is 4.85 Å². The third kappa shape index (κ3) is 2.90. The smallest absolute Gasteiger partial charge is 0.416 e. The van der Waals surface area contributed by atoms with Gasteiger partial charge in [0, 0.05) is 3.57 Å². The summed E-state index contributed by atoms with van der Waals surface area (Å²) in [6, 6.07) is 0. The molecule has 1 aromatic rings. The minimum absolute atomic E-state index is 0.00613. The van der Waals surface area contributed by atoms with E-state index in [0.717, 1.165) is 0 Å². The Hall–Kier alpha value is -0.820. The molecule has 0 saturated heterocycles. The lowest BCUT2D eigenvalue weighted by molar-refractivity contribution is -0.133. The SMILES string of the molecule is [C-]#[N+]c1c(C(F)(F)F)sc(C(=O)OCC)c1I. The Morgan fingerprint density at radius 2 is 2.18 bits per heavy atom. The van der Waals surface area contributed by atoms with Crippen LogP contribution in [0, 0.1) is 10.1 Å². The summed E-state index contributed by atoms with van der Waals surface area (Å²) in [5.74, 6) is -0.831. The van der Waals surface area contributed by atoms with Crippen molar-refractivity contribution in [3.8, 4) is 0 Å². The number of halogens is 4. The van der Waals surface area contributed by atoms with Crippen LogP contribution in [0.5, 0.6) is 0 Å². The van der Waals surface area contributed by atoms with Gasteiger partial charge in [0.15, 0.2) is 0 Å². The van der Waals surface area contributed by atoms with Gasteiger partial charge in [-0.05, 0) is 6.92 Å². The first-order chi connectivity index (χ1) is 7.82. The molecule has 0 aliphatic rings. The Morgan fingerprint density at radius 1 is 1.59 bits per heavy atom. The van der Waals surface area contributed by atoms with Gasteiger partial charge in [0.25, 0.3) is 0 Å². The maximum atomic E-state index is 12.6. The molecule has 1 aromatic heterocycles. The molecular weight excluding hydrogens is 370 g/mol. The zero-order valence-corrected chi connectivity index (χ0v) is 11.4. The number of hydrogen-bond acceptors (Lipinski definition) is 3. The maximum absolute atomic E-state index is 12.6. The van der Waals surface area contributed by atoms with Crippen LogP contribution in [0.4, 0.5) is 18.9 Å². The number of hydrogen-bond donors (Lipinski definition) is 0. The maximum Gasteiger partial charge on any atom is 0.416 e. The molecule has 0 atom stereocenters. The zero-order chi connectivity index (χ0) is 13.2. The lowest BCUT2D eigenvalue weighted by Gasteiger charge is -2.02. The van der Waals surface area contributed by atoms with E-state index in [1.54, 1.807) is 29.5 Å².